The molecule has 0 spiro atoms. The number of halogens is 4. The molecule has 1 aromatic rings. The summed E-state index contributed by atoms with van der Waals surface area (Å²) in [4.78, 5) is 2.28. The molecule has 0 bridgehead atoms. The van der Waals surface area contributed by atoms with Gasteiger partial charge in [-0.25, -0.2) is 0 Å². The number of alkyl halides is 3. The summed E-state index contributed by atoms with van der Waals surface area (Å²) < 4.78 is 44.9. The normalized spacial score (nSPS) is 25.1. The lowest BCUT2D eigenvalue weighted by Crippen LogP contribution is -2.29. The standard InChI is InChI=1S/C15H18F3NO.ClH/c1-2-6-19-7-11-10-4-3-5-13(15(16,17)18)12(10)9-20-14(11)8-19;/h3-5,11,14H,2,6-9H2,1H3;1H/t11-,14-;/m0./s1. The molecule has 21 heavy (non-hydrogen) atoms. The van der Waals surface area contributed by atoms with Crippen LogP contribution in [0.2, 0.25) is 0 Å². The fourth-order valence-electron chi connectivity index (χ4n) is 3.39. The fraction of sp³-hybridized carbons (Fsp3) is 0.600. The zero-order valence-corrected chi connectivity index (χ0v) is 12.6. The molecular formula is C15H19ClF3NO. The monoisotopic (exact) mass is 321 g/mol. The van der Waals surface area contributed by atoms with Gasteiger partial charge in [-0.15, -0.1) is 12.4 Å². The Bertz CT molecular complexity index is 506. The van der Waals surface area contributed by atoms with Crippen LogP contribution >= 0.6 is 12.4 Å². The Morgan fingerprint density at radius 1 is 1.29 bits per heavy atom. The Kier molecular flexibility index (Phi) is 4.85. The van der Waals surface area contributed by atoms with Crippen LogP contribution in [-0.4, -0.2) is 30.6 Å². The molecule has 1 fully saturated rings. The van der Waals surface area contributed by atoms with Crippen molar-refractivity contribution in [3.63, 3.8) is 0 Å². The van der Waals surface area contributed by atoms with Gasteiger partial charge in [0, 0.05) is 19.0 Å². The quantitative estimate of drug-likeness (QED) is 0.820. The lowest BCUT2D eigenvalue weighted by atomic mass is 9.87. The van der Waals surface area contributed by atoms with Gasteiger partial charge in [0.05, 0.1) is 18.3 Å². The topological polar surface area (TPSA) is 12.5 Å². The molecule has 6 heteroatoms. The van der Waals surface area contributed by atoms with Gasteiger partial charge >= 0.3 is 6.18 Å². The lowest BCUT2D eigenvalue weighted by molar-refractivity contribution is -0.139. The molecule has 1 saturated heterocycles. The van der Waals surface area contributed by atoms with Crippen LogP contribution in [0.25, 0.3) is 0 Å². The van der Waals surface area contributed by atoms with E-state index in [1.807, 2.05) is 6.07 Å². The van der Waals surface area contributed by atoms with Crippen molar-refractivity contribution in [2.75, 3.05) is 19.6 Å². The highest BCUT2D eigenvalue weighted by atomic mass is 35.5. The third-order valence-electron chi connectivity index (χ3n) is 4.24. The molecule has 0 saturated carbocycles. The second-order valence-electron chi connectivity index (χ2n) is 5.59. The molecule has 2 aliphatic rings. The van der Waals surface area contributed by atoms with Gasteiger partial charge < -0.3 is 9.64 Å². The van der Waals surface area contributed by atoms with Gasteiger partial charge in [-0.1, -0.05) is 19.1 Å². The number of rotatable bonds is 2. The van der Waals surface area contributed by atoms with E-state index in [0.717, 1.165) is 37.7 Å². The predicted molar refractivity (Wildman–Crippen MR) is 76.7 cm³/mol. The van der Waals surface area contributed by atoms with Crippen molar-refractivity contribution >= 4 is 12.4 Å². The molecule has 2 nitrogen and oxygen atoms in total. The van der Waals surface area contributed by atoms with Crippen LogP contribution in [0.15, 0.2) is 18.2 Å². The number of likely N-dealkylation sites (tertiary alicyclic amines) is 1. The maximum absolute atomic E-state index is 13.1. The summed E-state index contributed by atoms with van der Waals surface area (Å²) in [5.74, 6) is 0.0765. The summed E-state index contributed by atoms with van der Waals surface area (Å²) in [5, 5.41) is 0. The molecule has 1 aromatic carbocycles. The van der Waals surface area contributed by atoms with Gasteiger partial charge in [0.15, 0.2) is 0 Å². The number of ether oxygens (including phenoxy) is 1. The van der Waals surface area contributed by atoms with E-state index in [9.17, 15) is 13.2 Å². The van der Waals surface area contributed by atoms with Crippen LogP contribution in [0.4, 0.5) is 13.2 Å². The maximum Gasteiger partial charge on any atom is 0.416 e. The number of fused-ring (bicyclic) bond motifs is 3. The molecular weight excluding hydrogens is 303 g/mol. The van der Waals surface area contributed by atoms with Gasteiger partial charge in [0.1, 0.15) is 0 Å². The van der Waals surface area contributed by atoms with Gasteiger partial charge in [0.25, 0.3) is 0 Å². The molecule has 118 valence electrons. The Morgan fingerprint density at radius 3 is 2.71 bits per heavy atom. The smallest absolute Gasteiger partial charge is 0.371 e. The molecule has 0 aliphatic carbocycles. The van der Waals surface area contributed by atoms with E-state index in [4.69, 9.17) is 4.74 Å². The summed E-state index contributed by atoms with van der Waals surface area (Å²) in [7, 11) is 0. The number of hydrogen-bond donors (Lipinski definition) is 0. The molecule has 0 N–H and O–H groups in total. The molecule has 2 heterocycles. The summed E-state index contributed by atoms with van der Waals surface area (Å²) in [6.45, 7) is 4.79. The number of hydrogen-bond acceptors (Lipinski definition) is 2. The van der Waals surface area contributed by atoms with Crippen LogP contribution in [0.1, 0.15) is 36.0 Å². The molecule has 0 aromatic heterocycles. The summed E-state index contributed by atoms with van der Waals surface area (Å²) in [6, 6.07) is 4.51. The van der Waals surface area contributed by atoms with Crippen molar-refractivity contribution in [3.05, 3.63) is 34.9 Å². The van der Waals surface area contributed by atoms with Crippen molar-refractivity contribution in [1.82, 2.24) is 4.90 Å². The van der Waals surface area contributed by atoms with Crippen LogP contribution < -0.4 is 0 Å². The van der Waals surface area contributed by atoms with Crippen LogP contribution in [0.3, 0.4) is 0 Å². The molecule has 0 radical (unpaired) electrons. The predicted octanol–water partition coefficient (Wildman–Crippen LogP) is 3.84. The third-order valence-corrected chi connectivity index (χ3v) is 4.24. The Hall–Kier alpha value is -0.780. The first kappa shape index (κ1) is 16.6. The largest absolute Gasteiger partial charge is 0.416 e. The Balaban J connectivity index is 0.00000161. The van der Waals surface area contributed by atoms with Crippen molar-refractivity contribution in [3.8, 4) is 0 Å². The van der Waals surface area contributed by atoms with E-state index in [1.54, 1.807) is 0 Å². The van der Waals surface area contributed by atoms with Gasteiger partial charge in [-0.05, 0) is 30.2 Å². The summed E-state index contributed by atoms with van der Waals surface area (Å²) in [6.07, 6.45) is -3.21. The van der Waals surface area contributed by atoms with E-state index in [2.05, 4.69) is 11.8 Å². The van der Waals surface area contributed by atoms with Crippen LogP contribution in [-0.2, 0) is 17.5 Å². The van der Waals surface area contributed by atoms with Crippen molar-refractivity contribution in [2.24, 2.45) is 0 Å². The summed E-state index contributed by atoms with van der Waals surface area (Å²) >= 11 is 0. The third kappa shape index (κ3) is 3.05. The molecule has 2 atom stereocenters. The second-order valence-corrected chi connectivity index (χ2v) is 5.59. The number of nitrogens with zero attached hydrogens (tertiary/aromatic N) is 1. The van der Waals surface area contributed by atoms with E-state index in [1.165, 1.54) is 6.07 Å². The number of benzene rings is 1. The summed E-state index contributed by atoms with van der Waals surface area (Å²) in [5.41, 5.74) is 0.622. The first-order valence-electron chi connectivity index (χ1n) is 7.03. The maximum atomic E-state index is 13.1. The molecule has 2 aliphatic heterocycles. The van der Waals surface area contributed by atoms with Crippen LogP contribution in [0.5, 0.6) is 0 Å². The lowest BCUT2D eigenvalue weighted by Gasteiger charge is -2.29. The van der Waals surface area contributed by atoms with Crippen molar-refractivity contribution < 1.29 is 17.9 Å². The van der Waals surface area contributed by atoms with Crippen molar-refractivity contribution in [2.45, 2.75) is 38.1 Å². The minimum atomic E-state index is -4.30. The molecule has 0 amide bonds. The Morgan fingerprint density at radius 2 is 2.05 bits per heavy atom. The van der Waals surface area contributed by atoms with Gasteiger partial charge in [0.2, 0.25) is 0 Å². The van der Waals surface area contributed by atoms with E-state index < -0.39 is 11.7 Å². The molecule has 3 rings (SSSR count). The van der Waals surface area contributed by atoms with Gasteiger partial charge in [-0.3, -0.25) is 0 Å². The van der Waals surface area contributed by atoms with E-state index in [-0.39, 0.29) is 31.0 Å². The minimum Gasteiger partial charge on any atom is -0.371 e. The van der Waals surface area contributed by atoms with Crippen LogP contribution in [0, 0.1) is 0 Å². The van der Waals surface area contributed by atoms with Crippen molar-refractivity contribution in [1.29, 1.82) is 0 Å². The van der Waals surface area contributed by atoms with E-state index in [0.29, 0.717) is 5.56 Å². The zero-order valence-electron chi connectivity index (χ0n) is 11.8. The van der Waals surface area contributed by atoms with Gasteiger partial charge in [-0.2, -0.15) is 13.2 Å². The first-order chi connectivity index (χ1) is 9.50. The average Bonchev–Trinajstić information content (AvgIpc) is 2.80. The highest BCUT2D eigenvalue weighted by molar-refractivity contribution is 5.85. The SMILES string of the molecule is CCCN1C[C@@H]2OCc3c(cccc3C(F)(F)F)[C@@H]2C1.Cl. The zero-order chi connectivity index (χ0) is 14.3. The Labute approximate surface area is 128 Å². The first-order valence-corrected chi connectivity index (χ1v) is 7.03. The highest BCUT2D eigenvalue weighted by Gasteiger charge is 2.42. The fourth-order valence-corrected chi connectivity index (χ4v) is 3.39. The second kappa shape index (κ2) is 6.15. The average molecular weight is 322 g/mol. The van der Waals surface area contributed by atoms with E-state index >= 15 is 0 Å². The minimum absolute atomic E-state index is 0. The molecule has 0 unspecified atom stereocenters. The highest BCUT2D eigenvalue weighted by Crippen LogP contribution is 2.42.